The molecular weight excluding hydrogens is 228 g/mol. The van der Waals surface area contributed by atoms with Crippen molar-refractivity contribution in [3.8, 4) is 5.75 Å². The molecule has 0 heterocycles. The molecule has 0 saturated heterocycles. The van der Waals surface area contributed by atoms with Crippen molar-refractivity contribution in [2.75, 3.05) is 12.8 Å². The van der Waals surface area contributed by atoms with Gasteiger partial charge in [0.05, 0.1) is 12.8 Å². The third kappa shape index (κ3) is 2.75. The third-order valence-corrected chi connectivity index (χ3v) is 3.53. The van der Waals surface area contributed by atoms with Gasteiger partial charge in [0.15, 0.2) is 0 Å². The molecule has 0 aromatic heterocycles. The van der Waals surface area contributed by atoms with Crippen LogP contribution in [0.1, 0.15) is 36.5 Å². The molecule has 2 atom stereocenters. The third-order valence-electron chi connectivity index (χ3n) is 3.53. The zero-order valence-corrected chi connectivity index (χ0v) is 10.9. The molecule has 3 N–H and O–H groups in total. The molecule has 0 spiro atoms. The lowest BCUT2D eigenvalue weighted by atomic mass is 10.1. The molecule has 2 rings (SSSR count). The van der Waals surface area contributed by atoms with Gasteiger partial charge in [-0.15, -0.1) is 0 Å². The lowest BCUT2D eigenvalue weighted by molar-refractivity contribution is 0.0937. The average Bonchev–Trinajstić information content (AvgIpc) is 2.75. The Bertz CT molecular complexity index is 445. The molecule has 0 aliphatic heterocycles. The summed E-state index contributed by atoms with van der Waals surface area (Å²) >= 11 is 0. The zero-order chi connectivity index (χ0) is 13.1. The standard InChI is InChI=1S/C14H20N2O2/c1-9-3-5-11(7-9)16-14(17)10-4-6-12(15)13(8-10)18-2/h4,6,8-9,11H,3,5,7,15H2,1-2H3,(H,16,17). The van der Waals surface area contributed by atoms with E-state index in [1.807, 2.05) is 0 Å². The number of nitrogens with two attached hydrogens (primary N) is 1. The summed E-state index contributed by atoms with van der Waals surface area (Å²) in [5.74, 6) is 1.20. The van der Waals surface area contributed by atoms with Crippen LogP contribution in [0.4, 0.5) is 5.69 Å². The minimum Gasteiger partial charge on any atom is -0.495 e. The van der Waals surface area contributed by atoms with E-state index < -0.39 is 0 Å². The van der Waals surface area contributed by atoms with Crippen molar-refractivity contribution in [1.29, 1.82) is 0 Å². The van der Waals surface area contributed by atoms with Gasteiger partial charge in [-0.05, 0) is 43.4 Å². The van der Waals surface area contributed by atoms with Crippen LogP contribution in [0.3, 0.4) is 0 Å². The van der Waals surface area contributed by atoms with Gasteiger partial charge in [0.25, 0.3) is 5.91 Å². The number of ether oxygens (including phenoxy) is 1. The highest BCUT2D eigenvalue weighted by atomic mass is 16.5. The van der Waals surface area contributed by atoms with Crippen LogP contribution in [0.15, 0.2) is 18.2 Å². The predicted molar refractivity (Wildman–Crippen MR) is 71.7 cm³/mol. The molecule has 1 amide bonds. The number of carbonyl (C=O) groups is 1. The van der Waals surface area contributed by atoms with Crippen molar-refractivity contribution < 1.29 is 9.53 Å². The summed E-state index contributed by atoms with van der Waals surface area (Å²) in [5, 5.41) is 3.06. The number of benzene rings is 1. The summed E-state index contributed by atoms with van der Waals surface area (Å²) in [5.41, 5.74) is 6.87. The number of methoxy groups -OCH3 is 1. The SMILES string of the molecule is COc1cc(C(=O)NC2CCC(C)C2)ccc1N. The molecule has 1 aliphatic rings. The molecule has 1 aliphatic carbocycles. The van der Waals surface area contributed by atoms with Gasteiger partial charge in [-0.2, -0.15) is 0 Å². The lowest BCUT2D eigenvalue weighted by Crippen LogP contribution is -2.32. The molecule has 98 valence electrons. The molecule has 4 heteroatoms. The van der Waals surface area contributed by atoms with E-state index in [2.05, 4.69) is 12.2 Å². The maximum Gasteiger partial charge on any atom is 0.251 e. The van der Waals surface area contributed by atoms with Crippen LogP contribution in [0.25, 0.3) is 0 Å². The van der Waals surface area contributed by atoms with E-state index in [-0.39, 0.29) is 5.91 Å². The summed E-state index contributed by atoms with van der Waals surface area (Å²) in [7, 11) is 1.55. The van der Waals surface area contributed by atoms with Gasteiger partial charge < -0.3 is 15.8 Å². The molecule has 1 fully saturated rings. The fraction of sp³-hybridized carbons (Fsp3) is 0.500. The van der Waals surface area contributed by atoms with Crippen molar-refractivity contribution in [3.63, 3.8) is 0 Å². The Labute approximate surface area is 108 Å². The molecule has 1 saturated carbocycles. The average molecular weight is 248 g/mol. The van der Waals surface area contributed by atoms with E-state index in [0.29, 0.717) is 29.0 Å². The minimum absolute atomic E-state index is 0.0487. The summed E-state index contributed by atoms with van der Waals surface area (Å²) in [6.45, 7) is 2.22. The first-order valence-corrected chi connectivity index (χ1v) is 6.34. The van der Waals surface area contributed by atoms with Crippen molar-refractivity contribution >= 4 is 11.6 Å². The number of nitrogen functional groups attached to an aromatic ring is 1. The van der Waals surface area contributed by atoms with Gasteiger partial charge >= 0.3 is 0 Å². The van der Waals surface area contributed by atoms with Gasteiger partial charge in [-0.25, -0.2) is 0 Å². The van der Waals surface area contributed by atoms with E-state index in [0.717, 1.165) is 12.8 Å². The summed E-state index contributed by atoms with van der Waals surface area (Å²) in [4.78, 5) is 12.1. The number of rotatable bonds is 3. The largest absolute Gasteiger partial charge is 0.495 e. The van der Waals surface area contributed by atoms with Crippen LogP contribution in [-0.2, 0) is 0 Å². The molecule has 4 nitrogen and oxygen atoms in total. The predicted octanol–water partition coefficient (Wildman–Crippen LogP) is 2.20. The van der Waals surface area contributed by atoms with Crippen LogP contribution in [0, 0.1) is 5.92 Å². The number of amides is 1. The number of carbonyl (C=O) groups excluding carboxylic acids is 1. The molecule has 0 radical (unpaired) electrons. The zero-order valence-electron chi connectivity index (χ0n) is 10.9. The van der Waals surface area contributed by atoms with Crippen LogP contribution in [0.2, 0.25) is 0 Å². The summed E-state index contributed by atoms with van der Waals surface area (Å²) < 4.78 is 5.12. The van der Waals surface area contributed by atoms with Crippen molar-refractivity contribution in [3.05, 3.63) is 23.8 Å². The number of hydrogen-bond acceptors (Lipinski definition) is 3. The second-order valence-corrected chi connectivity index (χ2v) is 5.05. The van der Waals surface area contributed by atoms with Crippen molar-refractivity contribution in [1.82, 2.24) is 5.32 Å². The topological polar surface area (TPSA) is 64.3 Å². The number of hydrogen-bond donors (Lipinski definition) is 2. The minimum atomic E-state index is -0.0487. The Hall–Kier alpha value is -1.71. The number of anilines is 1. The Morgan fingerprint density at radius 3 is 2.83 bits per heavy atom. The van der Waals surface area contributed by atoms with Crippen LogP contribution < -0.4 is 15.8 Å². The van der Waals surface area contributed by atoms with Gasteiger partial charge in [-0.3, -0.25) is 4.79 Å². The maximum absolute atomic E-state index is 12.1. The quantitative estimate of drug-likeness (QED) is 0.806. The van der Waals surface area contributed by atoms with Crippen LogP contribution in [-0.4, -0.2) is 19.1 Å². The van der Waals surface area contributed by atoms with E-state index in [9.17, 15) is 4.79 Å². The fourth-order valence-corrected chi connectivity index (χ4v) is 2.46. The van der Waals surface area contributed by atoms with Gasteiger partial charge in [0.2, 0.25) is 0 Å². The Kier molecular flexibility index (Phi) is 3.75. The highest BCUT2D eigenvalue weighted by Gasteiger charge is 2.23. The maximum atomic E-state index is 12.1. The summed E-state index contributed by atoms with van der Waals surface area (Å²) in [6.07, 6.45) is 3.33. The summed E-state index contributed by atoms with van der Waals surface area (Å²) in [6, 6.07) is 5.41. The molecule has 18 heavy (non-hydrogen) atoms. The Balaban J connectivity index is 2.04. The highest BCUT2D eigenvalue weighted by Crippen LogP contribution is 2.26. The first-order valence-electron chi connectivity index (χ1n) is 6.34. The lowest BCUT2D eigenvalue weighted by Gasteiger charge is -2.13. The highest BCUT2D eigenvalue weighted by molar-refractivity contribution is 5.95. The number of nitrogens with one attached hydrogen (secondary N) is 1. The fourth-order valence-electron chi connectivity index (χ4n) is 2.46. The van der Waals surface area contributed by atoms with Crippen LogP contribution >= 0.6 is 0 Å². The molecule has 0 bridgehead atoms. The van der Waals surface area contributed by atoms with E-state index in [4.69, 9.17) is 10.5 Å². The van der Waals surface area contributed by atoms with Gasteiger partial charge in [0.1, 0.15) is 5.75 Å². The normalized spacial score (nSPS) is 22.8. The van der Waals surface area contributed by atoms with Gasteiger partial charge in [-0.1, -0.05) is 6.92 Å². The monoisotopic (exact) mass is 248 g/mol. The molecule has 1 aromatic rings. The Morgan fingerprint density at radius 1 is 1.44 bits per heavy atom. The van der Waals surface area contributed by atoms with E-state index >= 15 is 0 Å². The van der Waals surface area contributed by atoms with Crippen LogP contribution in [0.5, 0.6) is 5.75 Å². The molecular formula is C14H20N2O2. The van der Waals surface area contributed by atoms with E-state index in [1.54, 1.807) is 25.3 Å². The second kappa shape index (κ2) is 5.29. The molecule has 2 unspecified atom stereocenters. The first kappa shape index (κ1) is 12.7. The van der Waals surface area contributed by atoms with Crippen molar-refractivity contribution in [2.24, 2.45) is 5.92 Å². The first-order chi connectivity index (χ1) is 8.60. The van der Waals surface area contributed by atoms with E-state index in [1.165, 1.54) is 6.42 Å². The smallest absolute Gasteiger partial charge is 0.251 e. The van der Waals surface area contributed by atoms with Gasteiger partial charge in [0, 0.05) is 11.6 Å². The second-order valence-electron chi connectivity index (χ2n) is 5.05. The molecule has 1 aromatic carbocycles. The Morgan fingerprint density at radius 2 is 2.22 bits per heavy atom. The van der Waals surface area contributed by atoms with Crippen molar-refractivity contribution in [2.45, 2.75) is 32.2 Å².